The Hall–Kier alpha value is -0.860. The molecule has 1 atom stereocenters. The lowest BCUT2D eigenvalue weighted by Gasteiger charge is -2.13. The highest BCUT2D eigenvalue weighted by Gasteiger charge is 2.10. The molecular weight excluding hydrogens is 178 g/mol. The van der Waals surface area contributed by atoms with Gasteiger partial charge >= 0.3 is 5.97 Å². The standard InChI is InChI=1S/C11H21NO2/c1-4-6-7-10(5-2)8-14-11(13)9(3)12/h10,12H,4-8H2,1-3H3. The van der Waals surface area contributed by atoms with Gasteiger partial charge in [-0.05, 0) is 19.3 Å². The number of carbonyl (C=O) groups is 1. The predicted octanol–water partition coefficient (Wildman–Crippen LogP) is 2.79. The zero-order chi connectivity index (χ0) is 11.0. The van der Waals surface area contributed by atoms with Crippen molar-refractivity contribution in [3.63, 3.8) is 0 Å². The molecule has 0 amide bonds. The average molecular weight is 199 g/mol. The molecule has 0 fully saturated rings. The Kier molecular flexibility index (Phi) is 7.07. The first-order chi connectivity index (χ1) is 6.61. The Morgan fingerprint density at radius 2 is 2.07 bits per heavy atom. The van der Waals surface area contributed by atoms with E-state index in [1.807, 2.05) is 0 Å². The van der Waals surface area contributed by atoms with E-state index in [0.29, 0.717) is 12.5 Å². The van der Waals surface area contributed by atoms with Crippen LogP contribution in [0, 0.1) is 11.3 Å². The first kappa shape index (κ1) is 13.1. The fourth-order valence-corrected chi connectivity index (χ4v) is 1.20. The lowest BCUT2D eigenvalue weighted by Crippen LogP contribution is -2.18. The van der Waals surface area contributed by atoms with Crippen molar-refractivity contribution < 1.29 is 9.53 Å². The van der Waals surface area contributed by atoms with Gasteiger partial charge in [0.15, 0.2) is 0 Å². The molecule has 0 aliphatic carbocycles. The Bertz CT molecular complexity index is 190. The van der Waals surface area contributed by atoms with Gasteiger partial charge in [0, 0.05) is 0 Å². The minimum atomic E-state index is -0.486. The van der Waals surface area contributed by atoms with Gasteiger partial charge in [0.2, 0.25) is 0 Å². The number of hydrogen-bond acceptors (Lipinski definition) is 3. The van der Waals surface area contributed by atoms with E-state index in [1.54, 1.807) is 0 Å². The van der Waals surface area contributed by atoms with Crippen LogP contribution in [0.2, 0.25) is 0 Å². The van der Waals surface area contributed by atoms with Crippen LogP contribution >= 0.6 is 0 Å². The van der Waals surface area contributed by atoms with Crippen molar-refractivity contribution in [2.45, 2.75) is 46.5 Å². The monoisotopic (exact) mass is 199 g/mol. The predicted molar refractivity (Wildman–Crippen MR) is 57.7 cm³/mol. The van der Waals surface area contributed by atoms with Crippen molar-refractivity contribution >= 4 is 11.7 Å². The molecule has 0 bridgehead atoms. The summed E-state index contributed by atoms with van der Waals surface area (Å²) >= 11 is 0. The minimum absolute atomic E-state index is 0.0182. The number of nitrogens with one attached hydrogen (secondary N) is 1. The van der Waals surface area contributed by atoms with Gasteiger partial charge in [-0.1, -0.05) is 33.1 Å². The highest BCUT2D eigenvalue weighted by molar-refractivity contribution is 6.33. The molecule has 0 radical (unpaired) electrons. The molecule has 14 heavy (non-hydrogen) atoms. The molecule has 0 heterocycles. The van der Waals surface area contributed by atoms with Crippen LogP contribution in [-0.4, -0.2) is 18.3 Å². The molecule has 0 aliphatic heterocycles. The van der Waals surface area contributed by atoms with Crippen molar-refractivity contribution in [3.8, 4) is 0 Å². The molecule has 0 spiro atoms. The molecule has 0 saturated carbocycles. The molecule has 1 N–H and O–H groups in total. The largest absolute Gasteiger partial charge is 0.461 e. The zero-order valence-corrected chi connectivity index (χ0v) is 9.43. The van der Waals surface area contributed by atoms with Crippen LogP contribution in [0.3, 0.4) is 0 Å². The van der Waals surface area contributed by atoms with E-state index >= 15 is 0 Å². The topological polar surface area (TPSA) is 50.2 Å². The summed E-state index contributed by atoms with van der Waals surface area (Å²) in [4.78, 5) is 11.0. The molecule has 0 aromatic heterocycles. The summed E-state index contributed by atoms with van der Waals surface area (Å²) in [5, 5.41) is 7.07. The Morgan fingerprint density at radius 3 is 2.50 bits per heavy atom. The fourth-order valence-electron chi connectivity index (χ4n) is 1.20. The van der Waals surface area contributed by atoms with Gasteiger partial charge in [0.1, 0.15) is 5.71 Å². The van der Waals surface area contributed by atoms with Crippen LogP contribution in [-0.2, 0) is 9.53 Å². The number of unbranched alkanes of at least 4 members (excludes halogenated alkanes) is 1. The van der Waals surface area contributed by atoms with Crippen LogP contribution in [0.1, 0.15) is 46.5 Å². The van der Waals surface area contributed by atoms with Gasteiger partial charge in [-0.25, -0.2) is 4.79 Å². The normalized spacial score (nSPS) is 12.2. The third-order valence-electron chi connectivity index (χ3n) is 2.30. The highest BCUT2D eigenvalue weighted by atomic mass is 16.5. The molecule has 82 valence electrons. The maximum atomic E-state index is 11.0. The third-order valence-corrected chi connectivity index (χ3v) is 2.30. The Labute approximate surface area is 86.3 Å². The number of carbonyl (C=O) groups excluding carboxylic acids is 1. The second kappa shape index (κ2) is 7.54. The smallest absolute Gasteiger partial charge is 0.351 e. The lowest BCUT2D eigenvalue weighted by atomic mass is 10.0. The van der Waals surface area contributed by atoms with Gasteiger partial charge in [0.25, 0.3) is 0 Å². The second-order valence-corrected chi connectivity index (χ2v) is 3.64. The third kappa shape index (κ3) is 5.73. The van der Waals surface area contributed by atoms with E-state index in [0.717, 1.165) is 12.8 Å². The van der Waals surface area contributed by atoms with Gasteiger partial charge < -0.3 is 4.74 Å². The van der Waals surface area contributed by atoms with E-state index in [1.165, 1.54) is 19.8 Å². The van der Waals surface area contributed by atoms with Gasteiger partial charge in [-0.2, -0.15) is 0 Å². The maximum Gasteiger partial charge on any atom is 0.351 e. The molecule has 0 rings (SSSR count). The quantitative estimate of drug-likeness (QED) is 0.506. The summed E-state index contributed by atoms with van der Waals surface area (Å²) < 4.78 is 4.99. The molecule has 0 aromatic rings. The number of rotatable bonds is 7. The number of esters is 1. The van der Waals surface area contributed by atoms with E-state index in [4.69, 9.17) is 10.1 Å². The first-order valence-corrected chi connectivity index (χ1v) is 5.34. The Balaban J connectivity index is 3.71. The minimum Gasteiger partial charge on any atom is -0.461 e. The number of ether oxygens (including phenoxy) is 1. The first-order valence-electron chi connectivity index (χ1n) is 5.34. The summed E-state index contributed by atoms with van der Waals surface area (Å²) in [7, 11) is 0. The average Bonchev–Trinajstić information content (AvgIpc) is 2.17. The van der Waals surface area contributed by atoms with Crippen molar-refractivity contribution in [1.82, 2.24) is 0 Å². The van der Waals surface area contributed by atoms with Crippen LogP contribution < -0.4 is 0 Å². The van der Waals surface area contributed by atoms with Crippen molar-refractivity contribution in [2.24, 2.45) is 5.92 Å². The summed E-state index contributed by atoms with van der Waals surface area (Å²) in [5.41, 5.74) is -0.0182. The van der Waals surface area contributed by atoms with Crippen molar-refractivity contribution in [1.29, 1.82) is 5.41 Å². The molecule has 1 unspecified atom stereocenters. The SMILES string of the molecule is CCCCC(CC)COC(=O)C(C)=N. The Morgan fingerprint density at radius 1 is 1.43 bits per heavy atom. The lowest BCUT2D eigenvalue weighted by molar-refractivity contribution is -0.137. The fraction of sp³-hybridized carbons (Fsp3) is 0.818. The van der Waals surface area contributed by atoms with Crippen molar-refractivity contribution in [3.05, 3.63) is 0 Å². The molecule has 0 aromatic carbocycles. The number of hydrogen-bond donors (Lipinski definition) is 1. The summed E-state index contributed by atoms with van der Waals surface area (Å²) in [6.45, 7) is 6.17. The summed E-state index contributed by atoms with van der Waals surface area (Å²) in [5.74, 6) is -0.0294. The van der Waals surface area contributed by atoms with Crippen LogP contribution in [0.25, 0.3) is 0 Å². The van der Waals surface area contributed by atoms with Gasteiger partial charge in [0.05, 0.1) is 6.61 Å². The zero-order valence-electron chi connectivity index (χ0n) is 9.43. The molecule has 3 heteroatoms. The molecular formula is C11H21NO2. The second-order valence-electron chi connectivity index (χ2n) is 3.64. The van der Waals surface area contributed by atoms with Gasteiger partial charge in [-0.15, -0.1) is 0 Å². The van der Waals surface area contributed by atoms with E-state index in [2.05, 4.69) is 13.8 Å². The maximum absolute atomic E-state index is 11.0. The molecule has 0 aliphatic rings. The van der Waals surface area contributed by atoms with Crippen LogP contribution in [0.4, 0.5) is 0 Å². The van der Waals surface area contributed by atoms with E-state index in [9.17, 15) is 4.79 Å². The van der Waals surface area contributed by atoms with Crippen LogP contribution in [0.15, 0.2) is 0 Å². The molecule has 0 saturated heterocycles. The molecule has 3 nitrogen and oxygen atoms in total. The van der Waals surface area contributed by atoms with Crippen molar-refractivity contribution in [2.75, 3.05) is 6.61 Å². The highest BCUT2D eigenvalue weighted by Crippen LogP contribution is 2.12. The summed E-state index contributed by atoms with van der Waals surface area (Å²) in [6, 6.07) is 0. The van der Waals surface area contributed by atoms with Gasteiger partial charge in [-0.3, -0.25) is 5.41 Å². The summed E-state index contributed by atoms with van der Waals surface area (Å²) in [6.07, 6.45) is 4.50. The van der Waals surface area contributed by atoms with E-state index in [-0.39, 0.29) is 5.71 Å². The van der Waals surface area contributed by atoms with E-state index < -0.39 is 5.97 Å². The van der Waals surface area contributed by atoms with Crippen LogP contribution in [0.5, 0.6) is 0 Å².